The molecular formula is C15H17N3O. The van der Waals surface area contributed by atoms with E-state index in [0.29, 0.717) is 0 Å². The van der Waals surface area contributed by atoms with Crippen LogP contribution in [-0.2, 0) is 7.05 Å². The van der Waals surface area contributed by atoms with Crippen LogP contribution < -0.4 is 10.5 Å². The number of hydrogen-bond donors (Lipinski definition) is 0. The molecule has 0 aliphatic heterocycles. The summed E-state index contributed by atoms with van der Waals surface area (Å²) in [6, 6.07) is 9.60. The Labute approximate surface area is 112 Å². The molecule has 0 spiro atoms. The number of nitriles is 1. The Kier molecular flexibility index (Phi) is 3.57. The molecule has 0 aliphatic carbocycles. The number of fused-ring (bicyclic) bond motifs is 1. The van der Waals surface area contributed by atoms with E-state index >= 15 is 0 Å². The van der Waals surface area contributed by atoms with E-state index < -0.39 is 0 Å². The number of nitrogens with zero attached hydrogens (tertiary/aromatic N) is 3. The zero-order valence-electron chi connectivity index (χ0n) is 11.5. The molecule has 4 nitrogen and oxygen atoms in total. The van der Waals surface area contributed by atoms with Crippen LogP contribution in [0, 0.1) is 11.3 Å². The van der Waals surface area contributed by atoms with E-state index in [2.05, 4.69) is 18.7 Å². The topological polar surface area (TPSA) is 49.0 Å². The lowest BCUT2D eigenvalue weighted by Crippen LogP contribution is -2.23. The first-order valence-corrected chi connectivity index (χ1v) is 6.41. The van der Waals surface area contributed by atoms with Crippen LogP contribution in [-0.4, -0.2) is 17.7 Å². The van der Waals surface area contributed by atoms with Crippen LogP contribution in [0.3, 0.4) is 0 Å². The fourth-order valence-corrected chi connectivity index (χ4v) is 2.32. The number of rotatable bonds is 3. The summed E-state index contributed by atoms with van der Waals surface area (Å²) in [6.07, 6.45) is 0. The second-order valence-electron chi connectivity index (χ2n) is 4.45. The van der Waals surface area contributed by atoms with Gasteiger partial charge in [-0.15, -0.1) is 0 Å². The molecule has 0 atom stereocenters. The minimum absolute atomic E-state index is 0.186. The van der Waals surface area contributed by atoms with Crippen molar-refractivity contribution < 1.29 is 0 Å². The Hall–Kier alpha value is -2.28. The van der Waals surface area contributed by atoms with Crippen molar-refractivity contribution in [1.82, 2.24) is 4.57 Å². The van der Waals surface area contributed by atoms with Gasteiger partial charge in [-0.05, 0) is 37.4 Å². The van der Waals surface area contributed by atoms with Crippen LogP contribution in [0.15, 0.2) is 29.1 Å². The molecule has 19 heavy (non-hydrogen) atoms. The Morgan fingerprint density at radius 1 is 1.26 bits per heavy atom. The number of pyridine rings is 1. The summed E-state index contributed by atoms with van der Waals surface area (Å²) < 4.78 is 1.54. The standard InChI is InChI=1S/C15H17N3O/c1-4-18(5-2)13-7-6-11-8-12(10-16)15(19)17(3)14(11)9-13/h6-9H,4-5H2,1-3H3. The highest BCUT2D eigenvalue weighted by molar-refractivity contribution is 5.84. The van der Waals surface area contributed by atoms with Gasteiger partial charge in [0, 0.05) is 25.8 Å². The van der Waals surface area contributed by atoms with E-state index in [-0.39, 0.29) is 11.1 Å². The highest BCUT2D eigenvalue weighted by atomic mass is 16.1. The molecule has 0 fully saturated rings. The van der Waals surface area contributed by atoms with Crippen molar-refractivity contribution in [2.45, 2.75) is 13.8 Å². The maximum atomic E-state index is 12.0. The second-order valence-corrected chi connectivity index (χ2v) is 4.45. The molecule has 1 aromatic heterocycles. The molecule has 0 saturated carbocycles. The van der Waals surface area contributed by atoms with Crippen LogP contribution >= 0.6 is 0 Å². The van der Waals surface area contributed by atoms with Gasteiger partial charge in [0.05, 0.1) is 5.52 Å². The number of hydrogen-bond acceptors (Lipinski definition) is 3. The molecule has 2 rings (SSSR count). The lowest BCUT2D eigenvalue weighted by atomic mass is 10.1. The van der Waals surface area contributed by atoms with Crippen LogP contribution in [0.4, 0.5) is 5.69 Å². The fraction of sp³-hybridized carbons (Fsp3) is 0.333. The number of benzene rings is 1. The third-order valence-corrected chi connectivity index (χ3v) is 3.46. The second kappa shape index (κ2) is 5.15. The first kappa shape index (κ1) is 13.2. The Balaban J connectivity index is 2.71. The van der Waals surface area contributed by atoms with Gasteiger partial charge >= 0.3 is 0 Å². The molecule has 0 aliphatic rings. The van der Waals surface area contributed by atoms with Crippen molar-refractivity contribution >= 4 is 16.6 Å². The molecular weight excluding hydrogens is 238 g/mol. The zero-order valence-corrected chi connectivity index (χ0v) is 11.5. The first-order valence-electron chi connectivity index (χ1n) is 6.41. The Morgan fingerprint density at radius 3 is 2.53 bits per heavy atom. The molecule has 1 aromatic carbocycles. The van der Waals surface area contributed by atoms with Crippen molar-refractivity contribution in [2.24, 2.45) is 7.05 Å². The van der Waals surface area contributed by atoms with Gasteiger partial charge in [0.25, 0.3) is 5.56 Å². The molecule has 0 amide bonds. The normalized spacial score (nSPS) is 10.4. The molecule has 0 unspecified atom stereocenters. The van der Waals surface area contributed by atoms with E-state index in [1.54, 1.807) is 17.7 Å². The monoisotopic (exact) mass is 255 g/mol. The highest BCUT2D eigenvalue weighted by Crippen LogP contribution is 2.21. The van der Waals surface area contributed by atoms with Crippen molar-refractivity contribution in [3.05, 3.63) is 40.2 Å². The molecule has 0 N–H and O–H groups in total. The summed E-state index contributed by atoms with van der Waals surface area (Å²) in [6.45, 7) is 6.05. The number of aromatic nitrogens is 1. The van der Waals surface area contributed by atoms with Gasteiger partial charge < -0.3 is 9.47 Å². The third kappa shape index (κ3) is 2.19. The third-order valence-electron chi connectivity index (χ3n) is 3.46. The van der Waals surface area contributed by atoms with Crippen LogP contribution in [0.5, 0.6) is 0 Å². The predicted molar refractivity (Wildman–Crippen MR) is 77.5 cm³/mol. The molecule has 2 aromatic rings. The molecule has 0 radical (unpaired) electrons. The summed E-state index contributed by atoms with van der Waals surface area (Å²) in [5.41, 5.74) is 1.89. The van der Waals surface area contributed by atoms with Gasteiger partial charge in [-0.25, -0.2) is 0 Å². The lowest BCUT2D eigenvalue weighted by molar-refractivity contribution is 0.862. The van der Waals surface area contributed by atoms with Gasteiger partial charge in [0.2, 0.25) is 0 Å². The average molecular weight is 255 g/mol. The van der Waals surface area contributed by atoms with Gasteiger partial charge in [-0.3, -0.25) is 4.79 Å². The summed E-state index contributed by atoms with van der Waals surface area (Å²) in [5.74, 6) is 0. The van der Waals surface area contributed by atoms with Gasteiger partial charge in [0.15, 0.2) is 0 Å². The van der Waals surface area contributed by atoms with E-state index in [0.717, 1.165) is 29.7 Å². The predicted octanol–water partition coefficient (Wildman–Crippen LogP) is 2.26. The van der Waals surface area contributed by atoms with Gasteiger partial charge in [-0.1, -0.05) is 6.07 Å². The SMILES string of the molecule is CCN(CC)c1ccc2cc(C#N)c(=O)n(C)c2c1. The highest BCUT2D eigenvalue weighted by Gasteiger charge is 2.08. The fourth-order valence-electron chi connectivity index (χ4n) is 2.32. The van der Waals surface area contributed by atoms with Crippen molar-refractivity contribution in [3.8, 4) is 6.07 Å². The summed E-state index contributed by atoms with van der Waals surface area (Å²) in [4.78, 5) is 14.2. The smallest absolute Gasteiger partial charge is 0.268 e. The van der Waals surface area contributed by atoms with Gasteiger partial charge in [-0.2, -0.15) is 5.26 Å². The lowest BCUT2D eigenvalue weighted by Gasteiger charge is -2.21. The summed E-state index contributed by atoms with van der Waals surface area (Å²) in [7, 11) is 1.71. The van der Waals surface area contributed by atoms with E-state index in [9.17, 15) is 4.79 Å². The summed E-state index contributed by atoms with van der Waals surface area (Å²) >= 11 is 0. The Morgan fingerprint density at radius 2 is 1.95 bits per heavy atom. The summed E-state index contributed by atoms with van der Waals surface area (Å²) in [5, 5.41) is 9.86. The van der Waals surface area contributed by atoms with Crippen molar-refractivity contribution in [1.29, 1.82) is 5.26 Å². The minimum Gasteiger partial charge on any atom is -0.372 e. The van der Waals surface area contributed by atoms with Gasteiger partial charge in [0.1, 0.15) is 11.6 Å². The molecule has 0 bridgehead atoms. The van der Waals surface area contributed by atoms with Crippen molar-refractivity contribution in [2.75, 3.05) is 18.0 Å². The van der Waals surface area contributed by atoms with E-state index in [1.165, 1.54) is 0 Å². The van der Waals surface area contributed by atoms with Crippen LogP contribution in [0.1, 0.15) is 19.4 Å². The number of anilines is 1. The van der Waals surface area contributed by atoms with E-state index in [1.807, 2.05) is 24.3 Å². The largest absolute Gasteiger partial charge is 0.372 e. The minimum atomic E-state index is -0.244. The molecule has 98 valence electrons. The van der Waals surface area contributed by atoms with Crippen LogP contribution in [0.25, 0.3) is 10.9 Å². The van der Waals surface area contributed by atoms with E-state index in [4.69, 9.17) is 5.26 Å². The van der Waals surface area contributed by atoms with Crippen LogP contribution in [0.2, 0.25) is 0 Å². The van der Waals surface area contributed by atoms with Crippen molar-refractivity contribution in [3.63, 3.8) is 0 Å². The Bertz CT molecular complexity index is 706. The zero-order chi connectivity index (χ0) is 14.0. The molecule has 1 heterocycles. The quantitative estimate of drug-likeness (QED) is 0.845. The molecule has 0 saturated heterocycles. The first-order chi connectivity index (χ1) is 9.12. The maximum absolute atomic E-state index is 12.0. The number of aryl methyl sites for hydroxylation is 1. The maximum Gasteiger partial charge on any atom is 0.268 e. The molecule has 4 heteroatoms. The average Bonchev–Trinajstić information content (AvgIpc) is 2.44.